The third-order valence-electron chi connectivity index (χ3n) is 3.75. The highest BCUT2D eigenvalue weighted by atomic mass is 16.4. The predicted octanol–water partition coefficient (Wildman–Crippen LogP) is 1.18. The van der Waals surface area contributed by atoms with Crippen molar-refractivity contribution in [3.63, 3.8) is 0 Å². The fourth-order valence-electron chi connectivity index (χ4n) is 2.73. The van der Waals surface area contributed by atoms with E-state index in [1.807, 2.05) is 20.8 Å². The molecular weight excluding hydrogens is 232 g/mol. The van der Waals surface area contributed by atoms with E-state index in [1.54, 1.807) is 4.90 Å². The van der Waals surface area contributed by atoms with Crippen LogP contribution in [0.1, 0.15) is 40.0 Å². The van der Waals surface area contributed by atoms with Crippen LogP contribution in [0.3, 0.4) is 0 Å². The number of hydrogen-bond acceptors (Lipinski definition) is 3. The number of carboxylic acids is 1. The van der Waals surface area contributed by atoms with E-state index in [1.165, 1.54) is 0 Å². The van der Waals surface area contributed by atoms with E-state index in [4.69, 9.17) is 5.11 Å². The van der Waals surface area contributed by atoms with Crippen LogP contribution in [0.2, 0.25) is 0 Å². The smallest absolute Gasteiger partial charge is 0.326 e. The molecule has 18 heavy (non-hydrogen) atoms. The van der Waals surface area contributed by atoms with Gasteiger partial charge in [-0.1, -0.05) is 20.8 Å². The molecule has 0 saturated carbocycles. The van der Waals surface area contributed by atoms with Crippen molar-refractivity contribution in [2.75, 3.05) is 19.6 Å². The molecule has 0 aromatic carbocycles. The summed E-state index contributed by atoms with van der Waals surface area (Å²) in [5, 5.41) is 9.13. The van der Waals surface area contributed by atoms with Gasteiger partial charge in [0.05, 0.1) is 6.04 Å². The van der Waals surface area contributed by atoms with Crippen molar-refractivity contribution >= 4 is 11.9 Å². The summed E-state index contributed by atoms with van der Waals surface area (Å²) in [6.45, 7) is 8.23. The standard InChI is InChI=1S/C13H24N2O3/c1-4-10(14(5-2)6-3)12(16)15-9-7-8-11(15)13(17)18/h10-11H,4-9H2,1-3H3,(H,17,18). The van der Waals surface area contributed by atoms with Crippen molar-refractivity contribution in [3.8, 4) is 0 Å². The molecule has 1 rings (SSSR count). The second kappa shape index (κ2) is 6.73. The number of aliphatic carboxylic acids is 1. The van der Waals surface area contributed by atoms with Gasteiger partial charge in [-0.15, -0.1) is 0 Å². The summed E-state index contributed by atoms with van der Waals surface area (Å²) in [5.41, 5.74) is 0. The Labute approximate surface area is 109 Å². The van der Waals surface area contributed by atoms with Gasteiger partial charge in [-0.25, -0.2) is 4.79 Å². The van der Waals surface area contributed by atoms with Crippen LogP contribution in [0.4, 0.5) is 0 Å². The molecule has 0 aliphatic carbocycles. The quantitative estimate of drug-likeness (QED) is 0.775. The number of carbonyl (C=O) groups excluding carboxylic acids is 1. The first kappa shape index (κ1) is 15.0. The molecule has 1 aliphatic heterocycles. The molecule has 0 bridgehead atoms. The molecule has 0 radical (unpaired) electrons. The summed E-state index contributed by atoms with van der Waals surface area (Å²) >= 11 is 0. The summed E-state index contributed by atoms with van der Waals surface area (Å²) < 4.78 is 0. The van der Waals surface area contributed by atoms with Gasteiger partial charge >= 0.3 is 5.97 Å². The molecule has 5 heteroatoms. The SMILES string of the molecule is CCC(C(=O)N1CCCC1C(=O)O)N(CC)CC. The first-order valence-electron chi connectivity index (χ1n) is 6.84. The van der Waals surface area contributed by atoms with E-state index >= 15 is 0 Å². The number of carbonyl (C=O) groups is 2. The van der Waals surface area contributed by atoms with Crippen LogP contribution in [-0.4, -0.2) is 58.5 Å². The minimum absolute atomic E-state index is 0.0221. The lowest BCUT2D eigenvalue weighted by molar-refractivity contribution is -0.150. The molecule has 104 valence electrons. The summed E-state index contributed by atoms with van der Waals surface area (Å²) in [5.74, 6) is -0.902. The summed E-state index contributed by atoms with van der Waals surface area (Å²) in [4.78, 5) is 27.2. The fourth-order valence-corrected chi connectivity index (χ4v) is 2.73. The number of nitrogens with zero attached hydrogens (tertiary/aromatic N) is 2. The fraction of sp³-hybridized carbons (Fsp3) is 0.846. The predicted molar refractivity (Wildman–Crippen MR) is 69.4 cm³/mol. The van der Waals surface area contributed by atoms with E-state index in [0.717, 1.165) is 25.9 Å². The van der Waals surface area contributed by atoms with E-state index < -0.39 is 12.0 Å². The van der Waals surface area contributed by atoms with Crippen molar-refractivity contribution in [3.05, 3.63) is 0 Å². The lowest BCUT2D eigenvalue weighted by Crippen LogP contribution is -2.51. The first-order valence-corrected chi connectivity index (χ1v) is 6.84. The Morgan fingerprint density at radius 2 is 1.94 bits per heavy atom. The lowest BCUT2D eigenvalue weighted by Gasteiger charge is -2.32. The normalized spacial score (nSPS) is 21.3. The Morgan fingerprint density at radius 3 is 2.39 bits per heavy atom. The number of carboxylic acid groups (broad SMARTS) is 1. The van der Waals surface area contributed by atoms with E-state index in [2.05, 4.69) is 4.90 Å². The average Bonchev–Trinajstić information content (AvgIpc) is 2.84. The van der Waals surface area contributed by atoms with Gasteiger partial charge in [0, 0.05) is 6.54 Å². The highest BCUT2D eigenvalue weighted by molar-refractivity contribution is 5.87. The highest BCUT2D eigenvalue weighted by Crippen LogP contribution is 2.20. The molecular formula is C13H24N2O3. The Hall–Kier alpha value is -1.10. The van der Waals surface area contributed by atoms with Crippen LogP contribution < -0.4 is 0 Å². The number of likely N-dealkylation sites (N-methyl/N-ethyl adjacent to an activating group) is 1. The van der Waals surface area contributed by atoms with Crippen molar-refractivity contribution in [1.82, 2.24) is 9.80 Å². The third-order valence-corrected chi connectivity index (χ3v) is 3.75. The maximum atomic E-state index is 12.5. The van der Waals surface area contributed by atoms with E-state index in [-0.39, 0.29) is 11.9 Å². The second-order valence-corrected chi connectivity index (χ2v) is 4.67. The molecule has 0 aromatic heterocycles. The molecule has 1 saturated heterocycles. The Kier molecular flexibility index (Phi) is 5.59. The molecule has 0 spiro atoms. The van der Waals surface area contributed by atoms with Gasteiger partial charge in [0.2, 0.25) is 5.91 Å². The minimum Gasteiger partial charge on any atom is -0.480 e. The zero-order chi connectivity index (χ0) is 13.7. The van der Waals surface area contributed by atoms with Crippen molar-refractivity contribution in [2.24, 2.45) is 0 Å². The average molecular weight is 256 g/mol. The number of likely N-dealkylation sites (tertiary alicyclic amines) is 1. The van der Waals surface area contributed by atoms with Crippen LogP contribution in [-0.2, 0) is 9.59 Å². The maximum Gasteiger partial charge on any atom is 0.326 e. The zero-order valence-electron chi connectivity index (χ0n) is 11.6. The second-order valence-electron chi connectivity index (χ2n) is 4.67. The first-order chi connectivity index (χ1) is 8.56. The molecule has 1 N–H and O–H groups in total. The van der Waals surface area contributed by atoms with Crippen molar-refractivity contribution < 1.29 is 14.7 Å². The topological polar surface area (TPSA) is 60.9 Å². The van der Waals surface area contributed by atoms with E-state index in [0.29, 0.717) is 13.0 Å². The largest absolute Gasteiger partial charge is 0.480 e. The number of amides is 1. The van der Waals surface area contributed by atoms with E-state index in [9.17, 15) is 9.59 Å². The van der Waals surface area contributed by atoms with Gasteiger partial charge in [0.15, 0.2) is 0 Å². The van der Waals surface area contributed by atoms with Crippen LogP contribution in [0.25, 0.3) is 0 Å². The molecule has 0 aromatic rings. The maximum absolute atomic E-state index is 12.5. The van der Waals surface area contributed by atoms with Gasteiger partial charge in [-0.05, 0) is 32.4 Å². The van der Waals surface area contributed by atoms with Gasteiger partial charge in [0.1, 0.15) is 6.04 Å². The third kappa shape index (κ3) is 3.02. The van der Waals surface area contributed by atoms with Crippen LogP contribution in [0, 0.1) is 0 Å². The molecule has 1 fully saturated rings. The summed E-state index contributed by atoms with van der Waals surface area (Å²) in [7, 11) is 0. The van der Waals surface area contributed by atoms with Crippen LogP contribution in [0.15, 0.2) is 0 Å². The lowest BCUT2D eigenvalue weighted by atomic mass is 10.1. The minimum atomic E-state index is -0.879. The van der Waals surface area contributed by atoms with Crippen LogP contribution in [0.5, 0.6) is 0 Å². The van der Waals surface area contributed by atoms with Crippen LogP contribution >= 0.6 is 0 Å². The molecule has 1 heterocycles. The van der Waals surface area contributed by atoms with Gasteiger partial charge < -0.3 is 10.0 Å². The Morgan fingerprint density at radius 1 is 1.33 bits per heavy atom. The highest BCUT2D eigenvalue weighted by Gasteiger charge is 2.37. The van der Waals surface area contributed by atoms with Gasteiger partial charge in [-0.2, -0.15) is 0 Å². The molecule has 1 amide bonds. The van der Waals surface area contributed by atoms with Gasteiger partial charge in [0.25, 0.3) is 0 Å². The monoisotopic (exact) mass is 256 g/mol. The van der Waals surface area contributed by atoms with Crippen molar-refractivity contribution in [2.45, 2.75) is 52.1 Å². The molecule has 5 nitrogen and oxygen atoms in total. The Bertz CT molecular complexity index is 303. The molecule has 2 atom stereocenters. The van der Waals surface area contributed by atoms with Crippen molar-refractivity contribution in [1.29, 1.82) is 0 Å². The molecule has 1 aliphatic rings. The summed E-state index contributed by atoms with van der Waals surface area (Å²) in [6, 6.07) is -0.804. The van der Waals surface area contributed by atoms with Gasteiger partial charge in [-0.3, -0.25) is 9.69 Å². The summed E-state index contributed by atoms with van der Waals surface area (Å²) in [6.07, 6.45) is 2.09. The Balaban J connectivity index is 2.80. The molecule has 2 unspecified atom stereocenters. The number of hydrogen-bond donors (Lipinski definition) is 1. The number of rotatable bonds is 6. The zero-order valence-corrected chi connectivity index (χ0v) is 11.6.